The van der Waals surface area contributed by atoms with Crippen LogP contribution < -0.4 is 0 Å². The molecule has 0 aliphatic carbocycles. The average molecular weight is 192 g/mol. The van der Waals surface area contributed by atoms with Crippen LogP contribution in [-0.4, -0.2) is 6.18 Å². The van der Waals surface area contributed by atoms with Crippen molar-refractivity contribution in [1.29, 1.82) is 0 Å². The summed E-state index contributed by atoms with van der Waals surface area (Å²) in [6.07, 6.45) is 1.07. The summed E-state index contributed by atoms with van der Waals surface area (Å²) in [7, 11) is 0. The van der Waals surface area contributed by atoms with E-state index in [9.17, 15) is 13.2 Å². The van der Waals surface area contributed by atoms with Gasteiger partial charge in [-0.05, 0) is 6.92 Å². The maximum Gasteiger partial charge on any atom is 0.415 e. The Balaban J connectivity index is 0. The molecule has 0 rings (SSSR count). The fourth-order valence-electron chi connectivity index (χ4n) is 0.377. The third kappa shape index (κ3) is 8.92. The van der Waals surface area contributed by atoms with Gasteiger partial charge in [-0.2, -0.15) is 13.2 Å². The standard InChI is InChI=1S/C8H9F3.C2H6/c1-3-4-5-6-7(2)8(9,10)11;1-2/h3-6H,2H2,1H3;1-2H3/b4-3-,6-5-;. The Morgan fingerprint density at radius 1 is 1.15 bits per heavy atom. The molecule has 0 aliphatic rings. The summed E-state index contributed by atoms with van der Waals surface area (Å²) < 4.78 is 35.1. The Morgan fingerprint density at radius 2 is 1.62 bits per heavy atom. The molecule has 0 nitrogen and oxygen atoms in total. The smallest absolute Gasteiger partial charge is 0.166 e. The van der Waals surface area contributed by atoms with E-state index in [0.717, 1.165) is 6.08 Å². The van der Waals surface area contributed by atoms with Gasteiger partial charge >= 0.3 is 6.18 Å². The topological polar surface area (TPSA) is 0 Å². The summed E-state index contributed by atoms with van der Waals surface area (Å²) in [4.78, 5) is 0. The summed E-state index contributed by atoms with van der Waals surface area (Å²) in [5, 5.41) is 0. The Bertz CT molecular complexity index is 185. The highest BCUT2D eigenvalue weighted by molar-refractivity contribution is 5.22. The van der Waals surface area contributed by atoms with Gasteiger partial charge in [0.2, 0.25) is 0 Å². The molecule has 0 aliphatic heterocycles. The minimum Gasteiger partial charge on any atom is -0.166 e. The van der Waals surface area contributed by atoms with E-state index in [0.29, 0.717) is 0 Å². The fraction of sp³-hybridized carbons (Fsp3) is 0.400. The third-order valence-corrected chi connectivity index (χ3v) is 0.965. The number of hydrogen-bond acceptors (Lipinski definition) is 0. The number of hydrogen-bond donors (Lipinski definition) is 0. The van der Waals surface area contributed by atoms with Crippen molar-refractivity contribution >= 4 is 0 Å². The predicted octanol–water partition coefficient (Wildman–Crippen LogP) is 4.26. The fourth-order valence-corrected chi connectivity index (χ4v) is 0.377. The molecule has 0 radical (unpaired) electrons. The van der Waals surface area contributed by atoms with Crippen molar-refractivity contribution in [3.8, 4) is 0 Å². The zero-order chi connectivity index (χ0) is 10.9. The molecule has 0 unspecified atom stereocenters. The number of alkyl halides is 3. The summed E-state index contributed by atoms with van der Waals surface area (Å²) in [6, 6.07) is 0. The van der Waals surface area contributed by atoms with Crippen molar-refractivity contribution in [2.45, 2.75) is 26.9 Å². The molecule has 0 spiro atoms. The summed E-state index contributed by atoms with van der Waals surface area (Å²) in [5.41, 5.74) is -0.837. The molecule has 76 valence electrons. The Morgan fingerprint density at radius 3 is 1.92 bits per heavy atom. The van der Waals surface area contributed by atoms with Crippen molar-refractivity contribution in [3.63, 3.8) is 0 Å². The van der Waals surface area contributed by atoms with E-state index in [-0.39, 0.29) is 0 Å². The molecule has 0 saturated heterocycles. The second-order valence-corrected chi connectivity index (χ2v) is 1.91. The van der Waals surface area contributed by atoms with Gasteiger partial charge in [0, 0.05) is 5.57 Å². The van der Waals surface area contributed by atoms with Gasteiger partial charge in [-0.15, -0.1) is 0 Å². The van der Waals surface area contributed by atoms with Gasteiger partial charge in [0.05, 0.1) is 0 Å². The molecule has 3 heteroatoms. The molecule has 0 aromatic rings. The molecule has 0 atom stereocenters. The van der Waals surface area contributed by atoms with Gasteiger partial charge in [0.25, 0.3) is 0 Å². The summed E-state index contributed by atoms with van der Waals surface area (Å²) in [6.45, 7) is 8.57. The zero-order valence-corrected chi connectivity index (χ0v) is 8.15. The predicted molar refractivity (Wildman–Crippen MR) is 50.5 cm³/mol. The van der Waals surface area contributed by atoms with E-state index < -0.39 is 11.7 Å². The molecule has 0 N–H and O–H groups in total. The molecule has 0 amide bonds. The monoisotopic (exact) mass is 192 g/mol. The molecule has 0 aromatic carbocycles. The van der Waals surface area contributed by atoms with Crippen LogP contribution in [-0.2, 0) is 0 Å². The van der Waals surface area contributed by atoms with Gasteiger partial charge < -0.3 is 0 Å². The molecular formula is C10H15F3. The first-order valence-electron chi connectivity index (χ1n) is 4.04. The van der Waals surface area contributed by atoms with Crippen LogP contribution in [0.25, 0.3) is 0 Å². The first-order chi connectivity index (χ1) is 5.98. The van der Waals surface area contributed by atoms with Crippen molar-refractivity contribution in [3.05, 3.63) is 36.5 Å². The quantitative estimate of drug-likeness (QED) is 0.573. The van der Waals surface area contributed by atoms with Crippen LogP contribution in [0.5, 0.6) is 0 Å². The second-order valence-electron chi connectivity index (χ2n) is 1.91. The van der Waals surface area contributed by atoms with E-state index in [1.807, 2.05) is 13.8 Å². The highest BCUT2D eigenvalue weighted by Gasteiger charge is 2.29. The highest BCUT2D eigenvalue weighted by atomic mass is 19.4. The number of allylic oxidation sites excluding steroid dienone is 5. The first kappa shape index (κ1) is 14.5. The second kappa shape index (κ2) is 7.65. The lowest BCUT2D eigenvalue weighted by atomic mass is 10.2. The minimum atomic E-state index is -4.31. The van der Waals surface area contributed by atoms with E-state index in [4.69, 9.17) is 0 Å². The maximum absolute atomic E-state index is 11.7. The van der Waals surface area contributed by atoms with Gasteiger partial charge in [-0.1, -0.05) is 44.7 Å². The Hall–Kier alpha value is -0.990. The van der Waals surface area contributed by atoms with E-state index >= 15 is 0 Å². The number of rotatable bonds is 2. The van der Waals surface area contributed by atoms with Crippen molar-refractivity contribution < 1.29 is 13.2 Å². The van der Waals surface area contributed by atoms with Crippen LogP contribution in [0.3, 0.4) is 0 Å². The third-order valence-electron chi connectivity index (χ3n) is 0.965. The SMILES string of the molecule is C=C(/C=C\C=C/C)C(F)(F)F.CC. The largest absolute Gasteiger partial charge is 0.415 e. The van der Waals surface area contributed by atoms with E-state index in [1.165, 1.54) is 12.2 Å². The first-order valence-corrected chi connectivity index (χ1v) is 4.04. The van der Waals surface area contributed by atoms with Crippen LogP contribution in [0.2, 0.25) is 0 Å². The lowest BCUT2D eigenvalue weighted by Gasteiger charge is -2.03. The van der Waals surface area contributed by atoms with E-state index in [2.05, 4.69) is 6.58 Å². The summed E-state index contributed by atoms with van der Waals surface area (Å²) >= 11 is 0. The van der Waals surface area contributed by atoms with Crippen LogP contribution in [0.15, 0.2) is 36.5 Å². The molecule has 0 saturated carbocycles. The Kier molecular flexibility index (Phi) is 8.55. The normalized spacial score (nSPS) is 11.5. The van der Waals surface area contributed by atoms with Crippen molar-refractivity contribution in [1.82, 2.24) is 0 Å². The van der Waals surface area contributed by atoms with E-state index in [1.54, 1.807) is 13.0 Å². The minimum absolute atomic E-state index is 0.837. The lowest BCUT2D eigenvalue weighted by Crippen LogP contribution is -2.08. The molecule has 0 aromatic heterocycles. The van der Waals surface area contributed by atoms with Crippen LogP contribution in [0, 0.1) is 0 Å². The van der Waals surface area contributed by atoms with Gasteiger partial charge in [0.15, 0.2) is 0 Å². The summed E-state index contributed by atoms with van der Waals surface area (Å²) in [5.74, 6) is 0. The van der Waals surface area contributed by atoms with Crippen molar-refractivity contribution in [2.75, 3.05) is 0 Å². The Labute approximate surface area is 77.5 Å². The van der Waals surface area contributed by atoms with Gasteiger partial charge in [0.1, 0.15) is 0 Å². The number of halogens is 3. The van der Waals surface area contributed by atoms with Crippen LogP contribution >= 0.6 is 0 Å². The van der Waals surface area contributed by atoms with Crippen molar-refractivity contribution in [2.24, 2.45) is 0 Å². The average Bonchev–Trinajstić information content (AvgIpc) is 2.07. The molecule has 0 fully saturated rings. The molecule has 0 bridgehead atoms. The highest BCUT2D eigenvalue weighted by Crippen LogP contribution is 2.24. The molecule has 0 heterocycles. The van der Waals surface area contributed by atoms with Gasteiger partial charge in [-0.25, -0.2) is 0 Å². The maximum atomic E-state index is 11.7. The molecule has 13 heavy (non-hydrogen) atoms. The van der Waals surface area contributed by atoms with Crippen LogP contribution in [0.1, 0.15) is 20.8 Å². The lowest BCUT2D eigenvalue weighted by molar-refractivity contribution is -0.0878. The van der Waals surface area contributed by atoms with Crippen LogP contribution in [0.4, 0.5) is 13.2 Å². The van der Waals surface area contributed by atoms with Gasteiger partial charge in [-0.3, -0.25) is 0 Å². The zero-order valence-electron chi connectivity index (χ0n) is 8.15. The molecular weight excluding hydrogens is 177 g/mol.